The first-order valence-electron chi connectivity index (χ1n) is 0.258. The van der Waals surface area contributed by atoms with Crippen molar-refractivity contribution in [2.24, 2.45) is 0 Å². The van der Waals surface area contributed by atoms with Crippen molar-refractivity contribution in [2.45, 2.75) is 0 Å². The maximum atomic E-state index is 6.50. The van der Waals surface area contributed by atoms with Crippen molar-refractivity contribution in [1.29, 1.82) is 5.26 Å². The Morgan fingerprint density at radius 2 is 1.00 bits per heavy atom. The SMILES string of the molecule is C#N.O.O.[CaH2]. The van der Waals surface area contributed by atoms with Gasteiger partial charge in [-0.3, -0.25) is 0 Å². The third-order valence-corrected chi connectivity index (χ3v) is 0. The zero-order valence-corrected chi connectivity index (χ0v) is 2.02. The summed E-state index contributed by atoms with van der Waals surface area (Å²) in [6, 6.07) is 0. The number of nitriles is 1. The third kappa shape index (κ3) is 74.2. The summed E-state index contributed by atoms with van der Waals surface area (Å²) >= 11 is 0. The Labute approximate surface area is 60.2 Å². The number of hydrogen-bond donors (Lipinski definition) is 0. The summed E-state index contributed by atoms with van der Waals surface area (Å²) in [5.41, 5.74) is 0. The molecule has 0 spiro atoms. The molecule has 3 nitrogen and oxygen atoms in total. The molecule has 0 aromatic rings. The van der Waals surface area contributed by atoms with Gasteiger partial charge >= 0.3 is 37.7 Å². The first-order valence-corrected chi connectivity index (χ1v) is 0.258. The molecule has 0 radical (unpaired) electrons. The molecule has 0 amide bonds. The van der Waals surface area contributed by atoms with Crippen molar-refractivity contribution in [3.63, 3.8) is 0 Å². The van der Waals surface area contributed by atoms with Crippen LogP contribution in [0, 0.1) is 11.8 Å². The van der Waals surface area contributed by atoms with Crippen LogP contribution in [0.1, 0.15) is 0 Å². The average molecular weight is 105 g/mol. The Hall–Kier alpha value is 0.670. The second kappa shape index (κ2) is 140. The Morgan fingerprint density at radius 3 is 1.00 bits per heavy atom. The summed E-state index contributed by atoms with van der Waals surface area (Å²) in [5.74, 6) is 0. The van der Waals surface area contributed by atoms with Crippen LogP contribution in [0.4, 0.5) is 0 Å². The molecule has 30 valence electrons. The van der Waals surface area contributed by atoms with Crippen LogP contribution in [-0.2, 0) is 0 Å². The van der Waals surface area contributed by atoms with Gasteiger partial charge in [-0.15, -0.1) is 0 Å². The van der Waals surface area contributed by atoms with Crippen LogP contribution in [0.5, 0.6) is 0 Å². The molecule has 0 aromatic heterocycles. The van der Waals surface area contributed by atoms with Gasteiger partial charge in [0.2, 0.25) is 0 Å². The second-order valence-electron chi connectivity index (χ2n) is 0. The molecular formula is CH7CaNO2. The Balaban J connectivity index is -0.00000000167. The van der Waals surface area contributed by atoms with Crippen LogP contribution in [0.2, 0.25) is 0 Å². The molecule has 0 saturated heterocycles. The van der Waals surface area contributed by atoms with E-state index < -0.39 is 0 Å². The molecule has 4 N–H and O–H groups in total. The molecule has 0 aromatic carbocycles. The molecule has 4 heteroatoms. The van der Waals surface area contributed by atoms with Crippen LogP contribution in [0.15, 0.2) is 0 Å². The predicted molar refractivity (Wildman–Crippen MR) is 22.4 cm³/mol. The van der Waals surface area contributed by atoms with E-state index in [1.54, 1.807) is 0 Å². The molecular weight excluding hydrogens is 98.1 g/mol. The van der Waals surface area contributed by atoms with E-state index in [1.165, 1.54) is 0 Å². The summed E-state index contributed by atoms with van der Waals surface area (Å²) in [5, 5.41) is 6.50. The molecule has 0 saturated carbocycles. The first-order chi connectivity index (χ1) is 1.00. The van der Waals surface area contributed by atoms with Gasteiger partial charge in [0.05, 0.1) is 0 Å². The zero-order chi connectivity index (χ0) is 2.00. The Kier molecular flexibility index (Phi) is 1240. The topological polar surface area (TPSA) is 86.8 Å². The summed E-state index contributed by atoms with van der Waals surface area (Å²) in [7, 11) is 0. The fourth-order valence-electron chi connectivity index (χ4n) is 0. The van der Waals surface area contributed by atoms with E-state index in [0.717, 1.165) is 0 Å². The summed E-state index contributed by atoms with van der Waals surface area (Å²) in [4.78, 5) is 0. The van der Waals surface area contributed by atoms with Crippen LogP contribution >= 0.6 is 0 Å². The van der Waals surface area contributed by atoms with Crippen molar-refractivity contribution in [3.8, 4) is 6.57 Å². The number of hydrogen-bond acceptors (Lipinski definition) is 1. The van der Waals surface area contributed by atoms with Crippen LogP contribution in [0.3, 0.4) is 0 Å². The van der Waals surface area contributed by atoms with Crippen LogP contribution in [0.25, 0.3) is 0 Å². The third-order valence-electron chi connectivity index (χ3n) is 0. The van der Waals surface area contributed by atoms with E-state index in [-0.39, 0.29) is 48.7 Å². The van der Waals surface area contributed by atoms with E-state index >= 15 is 0 Å². The molecule has 0 fully saturated rings. The Morgan fingerprint density at radius 1 is 1.00 bits per heavy atom. The summed E-state index contributed by atoms with van der Waals surface area (Å²) in [6.45, 7) is 3.50. The average Bonchev–Trinajstić information content (AvgIpc) is 1.00. The molecule has 0 atom stereocenters. The normalized spacial score (nSPS) is 0.400. The van der Waals surface area contributed by atoms with Gasteiger partial charge in [-0.1, -0.05) is 0 Å². The number of rotatable bonds is 0. The molecule has 0 aliphatic rings. The molecule has 0 unspecified atom stereocenters. The van der Waals surface area contributed by atoms with Gasteiger partial charge in [-0.05, 0) is 0 Å². The van der Waals surface area contributed by atoms with E-state index in [4.69, 9.17) is 5.26 Å². The second-order valence-corrected chi connectivity index (χ2v) is 0. The maximum absolute atomic E-state index is 6.50. The molecule has 0 heterocycles. The standard InChI is InChI=1S/CHN.Ca.2H2O.2H/c1-2;;;;;/h1H;;2*1H2;;. The fraction of sp³-hybridized carbons (Fsp3) is 0. The van der Waals surface area contributed by atoms with Gasteiger partial charge in [0.1, 0.15) is 0 Å². The quantitative estimate of drug-likeness (QED) is 0.315. The van der Waals surface area contributed by atoms with Gasteiger partial charge in [-0.2, -0.15) is 0 Å². The van der Waals surface area contributed by atoms with Crippen molar-refractivity contribution >= 4 is 37.7 Å². The van der Waals surface area contributed by atoms with Crippen molar-refractivity contribution < 1.29 is 11.0 Å². The summed E-state index contributed by atoms with van der Waals surface area (Å²) in [6.07, 6.45) is 0. The fourth-order valence-corrected chi connectivity index (χ4v) is 0. The summed E-state index contributed by atoms with van der Waals surface area (Å²) < 4.78 is 0. The molecule has 0 rings (SSSR count). The van der Waals surface area contributed by atoms with Gasteiger partial charge in [0.25, 0.3) is 0 Å². The molecule has 0 bridgehead atoms. The van der Waals surface area contributed by atoms with Crippen LogP contribution in [-0.4, -0.2) is 48.7 Å². The minimum atomic E-state index is 0. The monoisotopic (exact) mass is 105 g/mol. The van der Waals surface area contributed by atoms with Crippen molar-refractivity contribution in [2.75, 3.05) is 0 Å². The van der Waals surface area contributed by atoms with Gasteiger partial charge in [0, 0.05) is 6.57 Å². The zero-order valence-electron chi connectivity index (χ0n) is 2.02. The number of nitrogens with zero attached hydrogens (tertiary/aromatic N) is 1. The molecule has 0 aliphatic heterocycles. The van der Waals surface area contributed by atoms with Crippen molar-refractivity contribution in [1.82, 2.24) is 0 Å². The van der Waals surface area contributed by atoms with Gasteiger partial charge in [-0.25, -0.2) is 5.26 Å². The predicted octanol–water partition coefficient (Wildman–Crippen LogP) is -2.43. The van der Waals surface area contributed by atoms with Gasteiger partial charge in [0.15, 0.2) is 0 Å². The van der Waals surface area contributed by atoms with E-state index in [1.807, 2.05) is 0 Å². The molecule has 5 heavy (non-hydrogen) atoms. The molecule has 0 aliphatic carbocycles. The van der Waals surface area contributed by atoms with Crippen molar-refractivity contribution in [3.05, 3.63) is 0 Å². The minimum absolute atomic E-state index is 0. The van der Waals surface area contributed by atoms with E-state index in [2.05, 4.69) is 6.57 Å². The van der Waals surface area contributed by atoms with E-state index in [0.29, 0.717) is 0 Å². The van der Waals surface area contributed by atoms with Crippen LogP contribution < -0.4 is 0 Å². The Bertz CT molecular complexity index is 14.4. The van der Waals surface area contributed by atoms with E-state index in [9.17, 15) is 0 Å². The first kappa shape index (κ1) is 44.3. The van der Waals surface area contributed by atoms with Gasteiger partial charge < -0.3 is 11.0 Å².